The number of nitrogens with zero attached hydrogens (tertiary/aromatic N) is 1. The summed E-state index contributed by atoms with van der Waals surface area (Å²) in [6, 6.07) is 8.24. The Kier molecular flexibility index (Phi) is 3.70. The third-order valence-corrected chi connectivity index (χ3v) is 3.88. The van der Waals surface area contributed by atoms with Crippen molar-refractivity contribution in [2.75, 3.05) is 6.61 Å². The van der Waals surface area contributed by atoms with Crippen LogP contribution in [0.15, 0.2) is 36.7 Å². The van der Waals surface area contributed by atoms with Crippen LogP contribution in [-0.4, -0.2) is 16.7 Å². The van der Waals surface area contributed by atoms with Crippen LogP contribution >= 0.6 is 0 Å². The van der Waals surface area contributed by atoms with Crippen molar-refractivity contribution in [1.82, 2.24) is 4.98 Å². The van der Waals surface area contributed by atoms with E-state index in [2.05, 4.69) is 17.1 Å². The second-order valence-corrected chi connectivity index (χ2v) is 5.33. The van der Waals surface area contributed by atoms with Crippen LogP contribution in [0.3, 0.4) is 0 Å². The minimum Gasteiger partial charge on any atom is -0.493 e. The summed E-state index contributed by atoms with van der Waals surface area (Å²) in [5, 5.41) is 10.3. The smallest absolute Gasteiger partial charge is 0.122 e. The number of rotatable bonds is 4. The van der Waals surface area contributed by atoms with Crippen LogP contribution in [0, 0.1) is 6.92 Å². The number of benzene rings is 1. The monoisotopic (exact) mass is 269 g/mol. The summed E-state index contributed by atoms with van der Waals surface area (Å²) >= 11 is 0. The van der Waals surface area contributed by atoms with Gasteiger partial charge in [0, 0.05) is 18.8 Å². The largest absolute Gasteiger partial charge is 0.493 e. The second kappa shape index (κ2) is 5.63. The van der Waals surface area contributed by atoms with E-state index in [-0.39, 0.29) is 0 Å². The molecule has 104 valence electrons. The molecule has 0 radical (unpaired) electrons. The van der Waals surface area contributed by atoms with Crippen molar-refractivity contribution < 1.29 is 9.84 Å². The number of ether oxygens (including phenoxy) is 1. The fraction of sp³-hybridized carbons (Fsp3) is 0.353. The quantitative estimate of drug-likeness (QED) is 0.927. The Balaban J connectivity index is 1.66. The van der Waals surface area contributed by atoms with Crippen molar-refractivity contribution in [3.05, 3.63) is 58.9 Å². The molecular weight excluding hydrogens is 250 g/mol. The van der Waals surface area contributed by atoms with Gasteiger partial charge in [0.05, 0.1) is 12.7 Å². The summed E-state index contributed by atoms with van der Waals surface area (Å²) < 4.78 is 5.51. The van der Waals surface area contributed by atoms with Crippen molar-refractivity contribution >= 4 is 0 Å². The van der Waals surface area contributed by atoms with Crippen molar-refractivity contribution in [2.45, 2.75) is 32.3 Å². The molecule has 3 nitrogen and oxygen atoms in total. The molecule has 1 unspecified atom stereocenters. The van der Waals surface area contributed by atoms with E-state index < -0.39 is 6.10 Å². The third kappa shape index (κ3) is 2.68. The van der Waals surface area contributed by atoms with Crippen molar-refractivity contribution in [3.8, 4) is 5.75 Å². The van der Waals surface area contributed by atoms with E-state index >= 15 is 0 Å². The molecule has 0 bridgehead atoms. The van der Waals surface area contributed by atoms with E-state index in [1.807, 2.05) is 19.1 Å². The zero-order valence-corrected chi connectivity index (χ0v) is 11.7. The van der Waals surface area contributed by atoms with Gasteiger partial charge in [0.25, 0.3) is 0 Å². The molecule has 0 aliphatic carbocycles. The minimum absolute atomic E-state index is 0.428. The van der Waals surface area contributed by atoms with Crippen molar-refractivity contribution in [3.63, 3.8) is 0 Å². The number of hydrogen-bond donors (Lipinski definition) is 1. The van der Waals surface area contributed by atoms with E-state index in [1.54, 1.807) is 12.4 Å². The highest BCUT2D eigenvalue weighted by molar-refractivity contribution is 5.40. The maximum atomic E-state index is 10.3. The molecule has 0 saturated carbocycles. The molecule has 0 spiro atoms. The molecular formula is C17H19NO2. The summed E-state index contributed by atoms with van der Waals surface area (Å²) in [6.45, 7) is 2.77. The lowest BCUT2D eigenvalue weighted by Gasteiger charge is -2.13. The van der Waals surface area contributed by atoms with Gasteiger partial charge >= 0.3 is 0 Å². The topological polar surface area (TPSA) is 42.4 Å². The van der Waals surface area contributed by atoms with Gasteiger partial charge < -0.3 is 9.84 Å². The van der Waals surface area contributed by atoms with Crippen LogP contribution in [0.2, 0.25) is 0 Å². The molecule has 2 aromatic rings. The standard InChI is InChI=1S/C17H19NO2/c1-12-11-18-8-6-15(12)16(19)4-2-13-3-5-17-14(10-13)7-9-20-17/h3,5-6,8,10-11,16,19H,2,4,7,9H2,1H3. The molecule has 0 saturated heterocycles. The predicted octanol–water partition coefficient (Wildman–Crippen LogP) is 2.99. The predicted molar refractivity (Wildman–Crippen MR) is 77.9 cm³/mol. The van der Waals surface area contributed by atoms with Crippen molar-refractivity contribution in [1.29, 1.82) is 0 Å². The Labute approximate surface area is 119 Å². The first-order valence-corrected chi connectivity index (χ1v) is 7.07. The van der Waals surface area contributed by atoms with Gasteiger partial charge in [-0.3, -0.25) is 4.98 Å². The number of pyridine rings is 1. The van der Waals surface area contributed by atoms with E-state index in [1.165, 1.54) is 11.1 Å². The van der Waals surface area contributed by atoms with E-state index in [4.69, 9.17) is 4.74 Å². The number of aliphatic hydroxyl groups excluding tert-OH is 1. The molecule has 1 aliphatic heterocycles. The Morgan fingerprint density at radius 1 is 1.35 bits per heavy atom. The van der Waals surface area contributed by atoms with Crippen LogP contribution in [0.5, 0.6) is 5.75 Å². The highest BCUT2D eigenvalue weighted by Crippen LogP contribution is 2.27. The summed E-state index contributed by atoms with van der Waals surface area (Å²) in [7, 11) is 0. The zero-order valence-electron chi connectivity index (χ0n) is 11.7. The van der Waals surface area contributed by atoms with Crippen molar-refractivity contribution in [2.24, 2.45) is 0 Å². The lowest BCUT2D eigenvalue weighted by atomic mass is 9.98. The van der Waals surface area contributed by atoms with Gasteiger partial charge in [-0.25, -0.2) is 0 Å². The number of aromatic nitrogens is 1. The van der Waals surface area contributed by atoms with Gasteiger partial charge in [-0.2, -0.15) is 0 Å². The summed E-state index contributed by atoms with van der Waals surface area (Å²) in [4.78, 5) is 4.06. The first kappa shape index (κ1) is 13.1. The molecule has 2 heterocycles. The SMILES string of the molecule is Cc1cnccc1C(O)CCc1ccc2c(c1)CCO2. The second-order valence-electron chi connectivity index (χ2n) is 5.33. The Morgan fingerprint density at radius 2 is 2.25 bits per heavy atom. The highest BCUT2D eigenvalue weighted by Gasteiger charge is 2.14. The fourth-order valence-electron chi connectivity index (χ4n) is 2.71. The fourth-order valence-corrected chi connectivity index (χ4v) is 2.71. The first-order valence-electron chi connectivity index (χ1n) is 7.07. The lowest BCUT2D eigenvalue weighted by molar-refractivity contribution is 0.167. The molecule has 1 atom stereocenters. The van der Waals surface area contributed by atoms with Gasteiger partial charge in [-0.15, -0.1) is 0 Å². The van der Waals surface area contributed by atoms with E-state index in [0.717, 1.165) is 42.7 Å². The first-order chi connectivity index (χ1) is 9.74. The average Bonchev–Trinajstić information content (AvgIpc) is 2.92. The Bertz CT molecular complexity index is 610. The van der Waals surface area contributed by atoms with Crippen LogP contribution in [-0.2, 0) is 12.8 Å². The Hall–Kier alpha value is -1.87. The molecule has 0 fully saturated rings. The van der Waals surface area contributed by atoms with Crippen LogP contribution in [0.25, 0.3) is 0 Å². The van der Waals surface area contributed by atoms with E-state index in [0.29, 0.717) is 0 Å². The van der Waals surface area contributed by atoms with Crippen LogP contribution in [0.4, 0.5) is 0 Å². The van der Waals surface area contributed by atoms with Crippen LogP contribution < -0.4 is 4.74 Å². The van der Waals surface area contributed by atoms with E-state index in [9.17, 15) is 5.11 Å². The lowest BCUT2D eigenvalue weighted by Crippen LogP contribution is -2.02. The summed E-state index contributed by atoms with van der Waals surface area (Å²) in [5.74, 6) is 1.01. The Morgan fingerprint density at radius 3 is 3.10 bits per heavy atom. The maximum Gasteiger partial charge on any atom is 0.122 e. The maximum absolute atomic E-state index is 10.3. The number of fused-ring (bicyclic) bond motifs is 1. The molecule has 3 heteroatoms. The number of aliphatic hydroxyl groups is 1. The minimum atomic E-state index is -0.428. The number of hydrogen-bond acceptors (Lipinski definition) is 3. The van der Waals surface area contributed by atoms with Crippen LogP contribution in [0.1, 0.15) is 34.8 Å². The highest BCUT2D eigenvalue weighted by atomic mass is 16.5. The molecule has 1 aromatic heterocycles. The summed E-state index contributed by atoms with van der Waals surface area (Å²) in [6.07, 6.45) is 5.70. The molecule has 3 rings (SSSR count). The van der Waals surface area contributed by atoms with Gasteiger partial charge in [0.1, 0.15) is 5.75 Å². The third-order valence-electron chi connectivity index (χ3n) is 3.88. The van der Waals surface area contributed by atoms with Gasteiger partial charge in [0.2, 0.25) is 0 Å². The van der Waals surface area contributed by atoms with Gasteiger partial charge in [0.15, 0.2) is 0 Å². The molecule has 1 aromatic carbocycles. The zero-order chi connectivity index (χ0) is 13.9. The molecule has 1 aliphatic rings. The molecule has 0 amide bonds. The van der Waals surface area contributed by atoms with Gasteiger partial charge in [-0.1, -0.05) is 12.1 Å². The van der Waals surface area contributed by atoms with Gasteiger partial charge in [-0.05, 0) is 54.2 Å². The summed E-state index contributed by atoms with van der Waals surface area (Å²) in [5.41, 5.74) is 4.57. The molecule has 20 heavy (non-hydrogen) atoms. The average molecular weight is 269 g/mol. The normalized spacial score (nSPS) is 14.7. The molecule has 1 N–H and O–H groups in total. The number of aryl methyl sites for hydroxylation is 2.